The smallest absolute Gasteiger partial charge is 0.275 e. The van der Waals surface area contributed by atoms with Gasteiger partial charge in [-0.15, -0.1) is 0 Å². The highest BCUT2D eigenvalue weighted by Gasteiger charge is 2.32. The van der Waals surface area contributed by atoms with Gasteiger partial charge in [-0.3, -0.25) is 9.89 Å². The Balaban J connectivity index is 1.61. The maximum Gasteiger partial charge on any atom is 0.275 e. The summed E-state index contributed by atoms with van der Waals surface area (Å²) in [4.78, 5) is 14.9. The molecule has 0 spiro atoms. The maximum atomic E-state index is 13.0. The van der Waals surface area contributed by atoms with E-state index in [0.29, 0.717) is 5.69 Å². The normalized spacial score (nSPS) is 17.4. The number of aromatic amines is 1. The molecule has 2 heterocycles. The Hall–Kier alpha value is -2.14. The van der Waals surface area contributed by atoms with Gasteiger partial charge in [-0.25, -0.2) is 0 Å². The number of carbonyl (C=O) groups excluding carboxylic acids is 1. The second kappa shape index (κ2) is 6.64. The molecule has 1 N–H and O–H groups in total. The number of nitrogens with zero attached hydrogens (tertiary/aromatic N) is 2. The molecule has 0 bridgehead atoms. The minimum absolute atomic E-state index is 0.0129. The molecule has 25 heavy (non-hydrogen) atoms. The fourth-order valence-electron chi connectivity index (χ4n) is 3.73. The lowest BCUT2D eigenvalue weighted by Crippen LogP contribution is -2.37. The van der Waals surface area contributed by atoms with E-state index >= 15 is 0 Å². The molecule has 1 fully saturated rings. The Labute approximate surface area is 155 Å². The van der Waals surface area contributed by atoms with Crippen LogP contribution in [0.3, 0.4) is 0 Å². The third kappa shape index (κ3) is 2.97. The summed E-state index contributed by atoms with van der Waals surface area (Å²) in [5.74, 6) is 0.0129. The topological polar surface area (TPSA) is 49.0 Å². The number of benzene rings is 2. The van der Waals surface area contributed by atoms with E-state index in [1.165, 1.54) is 16.3 Å². The zero-order valence-corrected chi connectivity index (χ0v) is 15.7. The van der Waals surface area contributed by atoms with Crippen molar-refractivity contribution in [2.45, 2.75) is 32.2 Å². The Kier molecular flexibility index (Phi) is 4.34. The first-order valence-electron chi connectivity index (χ1n) is 8.63. The highest BCUT2D eigenvalue weighted by atomic mass is 79.9. The minimum Gasteiger partial charge on any atom is -0.334 e. The van der Waals surface area contributed by atoms with E-state index in [0.717, 1.165) is 36.0 Å². The van der Waals surface area contributed by atoms with E-state index in [1.807, 2.05) is 11.8 Å². The quantitative estimate of drug-likeness (QED) is 0.707. The van der Waals surface area contributed by atoms with Crippen LogP contribution in [0.2, 0.25) is 0 Å². The summed E-state index contributed by atoms with van der Waals surface area (Å²) in [6.07, 6.45) is 2.96. The van der Waals surface area contributed by atoms with Crippen molar-refractivity contribution in [2.24, 2.45) is 0 Å². The van der Waals surface area contributed by atoms with Gasteiger partial charge in [-0.1, -0.05) is 42.5 Å². The molecule has 0 aliphatic carbocycles. The predicted octanol–water partition coefficient (Wildman–Crippen LogP) is 4.48. The van der Waals surface area contributed by atoms with Crippen LogP contribution in [0.4, 0.5) is 0 Å². The van der Waals surface area contributed by atoms with Gasteiger partial charge in [0.25, 0.3) is 5.91 Å². The van der Waals surface area contributed by atoms with Gasteiger partial charge >= 0.3 is 0 Å². The number of aromatic nitrogens is 2. The van der Waals surface area contributed by atoms with Crippen molar-refractivity contribution in [3.63, 3.8) is 0 Å². The summed E-state index contributed by atoms with van der Waals surface area (Å²) in [6.45, 7) is 2.71. The number of likely N-dealkylation sites (tertiary alicyclic amines) is 1. The second-order valence-electron chi connectivity index (χ2n) is 6.65. The van der Waals surface area contributed by atoms with Crippen LogP contribution in [0.25, 0.3) is 10.8 Å². The number of halogens is 1. The second-order valence-corrected chi connectivity index (χ2v) is 7.44. The monoisotopic (exact) mass is 397 g/mol. The fourth-order valence-corrected chi connectivity index (χ4v) is 4.08. The van der Waals surface area contributed by atoms with Gasteiger partial charge in [0.05, 0.1) is 4.47 Å². The first-order chi connectivity index (χ1) is 12.1. The molecular weight excluding hydrogens is 378 g/mol. The van der Waals surface area contributed by atoms with Crippen molar-refractivity contribution in [3.8, 4) is 0 Å². The number of nitrogens with one attached hydrogen (secondary N) is 1. The summed E-state index contributed by atoms with van der Waals surface area (Å²) in [7, 11) is 0. The van der Waals surface area contributed by atoms with E-state index in [4.69, 9.17) is 0 Å². The number of amides is 1. The van der Waals surface area contributed by atoms with Crippen LogP contribution in [0.5, 0.6) is 0 Å². The van der Waals surface area contributed by atoms with Crippen molar-refractivity contribution in [3.05, 3.63) is 63.9 Å². The molecule has 128 valence electrons. The van der Waals surface area contributed by atoms with Gasteiger partial charge in [0.15, 0.2) is 5.69 Å². The average Bonchev–Trinajstić information content (AvgIpc) is 3.22. The van der Waals surface area contributed by atoms with E-state index in [1.54, 1.807) is 0 Å². The number of hydrogen-bond donors (Lipinski definition) is 1. The Morgan fingerprint density at radius 2 is 2.08 bits per heavy atom. The highest BCUT2D eigenvalue weighted by molar-refractivity contribution is 9.10. The first kappa shape index (κ1) is 16.3. The van der Waals surface area contributed by atoms with Crippen LogP contribution in [-0.2, 0) is 6.42 Å². The minimum atomic E-state index is 0.0129. The van der Waals surface area contributed by atoms with E-state index in [-0.39, 0.29) is 11.9 Å². The summed E-state index contributed by atoms with van der Waals surface area (Å²) < 4.78 is 0.772. The van der Waals surface area contributed by atoms with Gasteiger partial charge < -0.3 is 4.90 Å². The maximum absolute atomic E-state index is 13.0. The number of fused-ring (bicyclic) bond motifs is 1. The van der Waals surface area contributed by atoms with Crippen LogP contribution in [0, 0.1) is 6.92 Å². The standard InChI is InChI=1S/C20H20BrN3O/c1-13-18(21)19(23-22-13)20(25)24-11-5-9-16(24)12-15-8-4-7-14-6-2-3-10-17(14)15/h2-4,6-8,10,16H,5,9,11-12H2,1H3,(H,22,23). The van der Waals surface area contributed by atoms with Crippen LogP contribution >= 0.6 is 15.9 Å². The molecule has 1 amide bonds. The lowest BCUT2D eigenvalue weighted by Gasteiger charge is -2.24. The average molecular weight is 398 g/mol. The highest BCUT2D eigenvalue weighted by Crippen LogP contribution is 2.28. The summed E-state index contributed by atoms with van der Waals surface area (Å²) in [5, 5.41) is 9.60. The van der Waals surface area contributed by atoms with Gasteiger partial charge in [0, 0.05) is 18.3 Å². The molecule has 1 aliphatic heterocycles. The summed E-state index contributed by atoms with van der Waals surface area (Å²) in [5.41, 5.74) is 2.68. The number of rotatable bonds is 3. The molecule has 2 aromatic carbocycles. The van der Waals surface area contributed by atoms with E-state index < -0.39 is 0 Å². The molecule has 5 heteroatoms. The SMILES string of the molecule is Cc1[nH]nc(C(=O)N2CCCC2Cc2cccc3ccccc23)c1Br. The number of carbonyl (C=O) groups is 1. The molecule has 4 rings (SSSR count). The zero-order valence-electron chi connectivity index (χ0n) is 14.1. The molecule has 1 saturated heterocycles. The molecule has 0 radical (unpaired) electrons. The molecular formula is C20H20BrN3O. The number of aryl methyl sites for hydroxylation is 1. The summed E-state index contributed by atoms with van der Waals surface area (Å²) >= 11 is 3.48. The van der Waals surface area contributed by atoms with Crippen molar-refractivity contribution < 1.29 is 4.79 Å². The number of hydrogen-bond acceptors (Lipinski definition) is 2. The van der Waals surface area contributed by atoms with Gasteiger partial charge in [0.2, 0.25) is 0 Å². The van der Waals surface area contributed by atoms with Crippen LogP contribution in [-0.4, -0.2) is 33.6 Å². The summed E-state index contributed by atoms with van der Waals surface area (Å²) in [6, 6.07) is 15.1. The van der Waals surface area contributed by atoms with E-state index in [2.05, 4.69) is 68.6 Å². The van der Waals surface area contributed by atoms with Crippen LogP contribution < -0.4 is 0 Å². The molecule has 1 aromatic heterocycles. The molecule has 3 aromatic rings. The first-order valence-corrected chi connectivity index (χ1v) is 9.42. The van der Waals surface area contributed by atoms with Crippen molar-refractivity contribution in [1.29, 1.82) is 0 Å². The van der Waals surface area contributed by atoms with Crippen LogP contribution in [0.1, 0.15) is 34.6 Å². The van der Waals surface area contributed by atoms with Crippen molar-refractivity contribution in [2.75, 3.05) is 6.54 Å². The lowest BCUT2D eigenvalue weighted by molar-refractivity contribution is 0.0729. The molecule has 4 nitrogen and oxygen atoms in total. The van der Waals surface area contributed by atoms with Gasteiger partial charge in [0.1, 0.15) is 0 Å². The predicted molar refractivity (Wildman–Crippen MR) is 103 cm³/mol. The number of H-pyrrole nitrogens is 1. The van der Waals surface area contributed by atoms with E-state index in [9.17, 15) is 4.79 Å². The largest absolute Gasteiger partial charge is 0.334 e. The molecule has 1 aliphatic rings. The molecule has 1 unspecified atom stereocenters. The zero-order chi connectivity index (χ0) is 17.4. The fraction of sp³-hybridized carbons (Fsp3) is 0.300. The van der Waals surface area contributed by atoms with Crippen molar-refractivity contribution >= 4 is 32.6 Å². The third-order valence-electron chi connectivity index (χ3n) is 5.05. The van der Waals surface area contributed by atoms with Crippen LogP contribution in [0.15, 0.2) is 46.9 Å². The van der Waals surface area contributed by atoms with Gasteiger partial charge in [-0.05, 0) is 58.5 Å². The Morgan fingerprint density at radius 1 is 1.28 bits per heavy atom. The Morgan fingerprint density at radius 3 is 2.88 bits per heavy atom. The molecule has 1 atom stereocenters. The lowest BCUT2D eigenvalue weighted by atomic mass is 9.97. The molecule has 0 saturated carbocycles. The van der Waals surface area contributed by atoms with Crippen molar-refractivity contribution in [1.82, 2.24) is 15.1 Å². The van der Waals surface area contributed by atoms with Gasteiger partial charge in [-0.2, -0.15) is 5.10 Å². The Bertz CT molecular complexity index is 928. The third-order valence-corrected chi connectivity index (χ3v) is 6.02.